The molecule has 3 nitrogen and oxygen atoms in total. The zero-order valence-corrected chi connectivity index (χ0v) is 15.0. The Kier molecular flexibility index (Phi) is 4.78. The summed E-state index contributed by atoms with van der Waals surface area (Å²) >= 11 is 0. The molecule has 2 aromatic carbocycles. The average molecular weight is 341 g/mol. The van der Waals surface area contributed by atoms with Crippen LogP contribution in [0.25, 0.3) is 0 Å². The van der Waals surface area contributed by atoms with Crippen LogP contribution in [0.15, 0.2) is 84.1 Å². The van der Waals surface area contributed by atoms with Crippen molar-refractivity contribution in [3.8, 4) is 0 Å². The Hall–Kier alpha value is -2.94. The molecule has 4 rings (SSSR count). The number of pyridine rings is 1. The summed E-state index contributed by atoms with van der Waals surface area (Å²) in [5, 5.41) is 0. The van der Waals surface area contributed by atoms with Crippen LogP contribution in [0.1, 0.15) is 34.7 Å². The maximum atomic E-state index is 5.20. The number of aryl methyl sites for hydroxylation is 1. The Balaban J connectivity index is 1.69. The van der Waals surface area contributed by atoms with Crippen molar-refractivity contribution in [3.05, 3.63) is 101 Å². The summed E-state index contributed by atoms with van der Waals surface area (Å²) in [6, 6.07) is 23.5. The van der Waals surface area contributed by atoms with Gasteiger partial charge in [0.1, 0.15) is 11.9 Å². The fourth-order valence-electron chi connectivity index (χ4n) is 3.56. The summed E-state index contributed by atoms with van der Waals surface area (Å²) in [5.41, 5.74) is 5.18. The van der Waals surface area contributed by atoms with Crippen LogP contribution in [0.5, 0.6) is 0 Å². The number of nitrogens with zero attached hydrogens (tertiary/aromatic N) is 3. The van der Waals surface area contributed by atoms with E-state index in [0.717, 1.165) is 25.2 Å². The molecule has 26 heavy (non-hydrogen) atoms. The monoisotopic (exact) mass is 341 g/mol. The molecule has 3 aromatic rings. The van der Waals surface area contributed by atoms with Crippen LogP contribution in [0, 0.1) is 0 Å². The highest BCUT2D eigenvalue weighted by Gasteiger charge is 2.23. The van der Waals surface area contributed by atoms with Gasteiger partial charge in [-0.2, -0.15) is 0 Å². The average Bonchev–Trinajstić information content (AvgIpc) is 2.84. The van der Waals surface area contributed by atoms with Gasteiger partial charge in [-0.25, -0.2) is 0 Å². The molecular formula is C23H23N3. The molecule has 1 aliphatic rings. The molecule has 0 N–H and O–H groups in total. The maximum Gasteiger partial charge on any atom is 0.102 e. The Labute approximate surface area is 155 Å². The summed E-state index contributed by atoms with van der Waals surface area (Å²) in [7, 11) is 2.15. The van der Waals surface area contributed by atoms with Gasteiger partial charge in [-0.1, -0.05) is 54.6 Å². The Bertz CT molecular complexity index is 888. The maximum absolute atomic E-state index is 5.20. The quantitative estimate of drug-likeness (QED) is 0.691. The van der Waals surface area contributed by atoms with Crippen LogP contribution in [-0.2, 0) is 13.0 Å². The van der Waals surface area contributed by atoms with Gasteiger partial charge in [-0.3, -0.25) is 9.98 Å². The Morgan fingerprint density at radius 1 is 0.885 bits per heavy atom. The molecule has 1 atom stereocenters. The predicted molar refractivity (Wildman–Crippen MR) is 106 cm³/mol. The molecule has 1 unspecified atom stereocenters. The molecule has 0 aliphatic carbocycles. The molecule has 0 radical (unpaired) electrons. The minimum atomic E-state index is 0.0323. The highest BCUT2D eigenvalue weighted by molar-refractivity contribution is 5.83. The zero-order chi connectivity index (χ0) is 17.8. The fraction of sp³-hybridized carbons (Fsp3) is 0.217. The summed E-state index contributed by atoms with van der Waals surface area (Å²) in [4.78, 5) is 11.7. The smallest absolute Gasteiger partial charge is 0.102 e. The van der Waals surface area contributed by atoms with Crippen LogP contribution >= 0.6 is 0 Å². The van der Waals surface area contributed by atoms with Gasteiger partial charge in [0.2, 0.25) is 0 Å². The lowest BCUT2D eigenvalue weighted by Crippen LogP contribution is -2.26. The third-order valence-electron chi connectivity index (χ3n) is 4.98. The van der Waals surface area contributed by atoms with Crippen LogP contribution < -0.4 is 0 Å². The molecule has 1 aromatic heterocycles. The van der Waals surface area contributed by atoms with Gasteiger partial charge < -0.3 is 4.90 Å². The standard InChI is InChI=1S/C23H23N3/c1-26-17-20-9-5-6-10-21(20)23(19-13-15-24-16-14-19)25-22(26)12-11-18-7-3-2-4-8-18/h2-10,13-16,23H,11-12,17H2,1H3. The van der Waals surface area contributed by atoms with Crippen molar-refractivity contribution in [2.45, 2.75) is 25.4 Å². The first-order chi connectivity index (χ1) is 12.8. The van der Waals surface area contributed by atoms with E-state index in [1.807, 2.05) is 12.4 Å². The highest BCUT2D eigenvalue weighted by Crippen LogP contribution is 2.32. The second-order valence-electron chi connectivity index (χ2n) is 6.77. The molecule has 2 heterocycles. The lowest BCUT2D eigenvalue weighted by Gasteiger charge is -2.20. The van der Waals surface area contributed by atoms with Gasteiger partial charge in [0.25, 0.3) is 0 Å². The van der Waals surface area contributed by atoms with Crippen molar-refractivity contribution in [3.63, 3.8) is 0 Å². The van der Waals surface area contributed by atoms with Crippen LogP contribution in [0.4, 0.5) is 0 Å². The van der Waals surface area contributed by atoms with Gasteiger partial charge in [0.05, 0.1) is 0 Å². The molecule has 130 valence electrons. The van der Waals surface area contributed by atoms with Gasteiger partial charge in [-0.15, -0.1) is 0 Å². The van der Waals surface area contributed by atoms with E-state index in [1.165, 1.54) is 22.3 Å². The van der Waals surface area contributed by atoms with Crippen molar-refractivity contribution in [2.24, 2.45) is 4.99 Å². The SMILES string of the molecule is CN1Cc2ccccc2C(c2ccncc2)N=C1CCc1ccccc1. The third kappa shape index (κ3) is 3.52. The van der Waals surface area contributed by atoms with E-state index in [-0.39, 0.29) is 6.04 Å². The number of aliphatic imine (C=N–C) groups is 1. The summed E-state index contributed by atoms with van der Waals surface area (Å²) in [6.07, 6.45) is 5.65. The first-order valence-corrected chi connectivity index (χ1v) is 9.11. The molecular weight excluding hydrogens is 318 g/mol. The van der Waals surface area contributed by atoms with E-state index in [9.17, 15) is 0 Å². The Morgan fingerprint density at radius 2 is 1.62 bits per heavy atom. The number of benzene rings is 2. The van der Waals surface area contributed by atoms with Crippen LogP contribution in [0.2, 0.25) is 0 Å². The summed E-state index contributed by atoms with van der Waals surface area (Å²) < 4.78 is 0. The number of hydrogen-bond acceptors (Lipinski definition) is 3. The summed E-state index contributed by atoms with van der Waals surface area (Å²) in [5.74, 6) is 1.16. The van der Waals surface area contributed by atoms with Gasteiger partial charge in [0.15, 0.2) is 0 Å². The van der Waals surface area contributed by atoms with Gasteiger partial charge in [-0.05, 0) is 40.8 Å². The Morgan fingerprint density at radius 3 is 2.42 bits per heavy atom. The highest BCUT2D eigenvalue weighted by atomic mass is 15.2. The number of rotatable bonds is 4. The van der Waals surface area contributed by atoms with Crippen molar-refractivity contribution in [2.75, 3.05) is 7.05 Å². The minimum Gasteiger partial charge on any atom is -0.359 e. The van der Waals surface area contributed by atoms with E-state index in [0.29, 0.717) is 0 Å². The predicted octanol–water partition coefficient (Wildman–Crippen LogP) is 4.65. The lowest BCUT2D eigenvalue weighted by molar-refractivity contribution is 0.490. The molecule has 1 aliphatic heterocycles. The van der Waals surface area contributed by atoms with Crippen molar-refractivity contribution in [1.29, 1.82) is 0 Å². The van der Waals surface area contributed by atoms with E-state index in [2.05, 4.69) is 83.7 Å². The molecule has 0 amide bonds. The zero-order valence-electron chi connectivity index (χ0n) is 15.0. The van der Waals surface area contributed by atoms with Crippen molar-refractivity contribution >= 4 is 5.84 Å². The first-order valence-electron chi connectivity index (χ1n) is 9.11. The second kappa shape index (κ2) is 7.52. The van der Waals surface area contributed by atoms with Crippen molar-refractivity contribution < 1.29 is 0 Å². The lowest BCUT2D eigenvalue weighted by atomic mass is 9.96. The van der Waals surface area contributed by atoms with Gasteiger partial charge in [0, 0.05) is 32.4 Å². The number of fused-ring (bicyclic) bond motifs is 1. The van der Waals surface area contributed by atoms with E-state index in [4.69, 9.17) is 4.99 Å². The molecule has 0 spiro atoms. The molecule has 0 fully saturated rings. The van der Waals surface area contributed by atoms with Crippen LogP contribution in [0.3, 0.4) is 0 Å². The first kappa shape index (κ1) is 16.5. The summed E-state index contributed by atoms with van der Waals surface area (Å²) in [6.45, 7) is 0.894. The van der Waals surface area contributed by atoms with Gasteiger partial charge >= 0.3 is 0 Å². The topological polar surface area (TPSA) is 28.5 Å². The number of amidine groups is 1. The fourth-order valence-corrected chi connectivity index (χ4v) is 3.56. The molecule has 0 saturated carbocycles. The third-order valence-corrected chi connectivity index (χ3v) is 4.98. The van der Waals surface area contributed by atoms with E-state index < -0.39 is 0 Å². The largest absolute Gasteiger partial charge is 0.359 e. The molecule has 0 saturated heterocycles. The van der Waals surface area contributed by atoms with Crippen LogP contribution in [-0.4, -0.2) is 22.8 Å². The second-order valence-corrected chi connectivity index (χ2v) is 6.77. The van der Waals surface area contributed by atoms with E-state index >= 15 is 0 Å². The number of aromatic nitrogens is 1. The van der Waals surface area contributed by atoms with Crippen molar-refractivity contribution in [1.82, 2.24) is 9.88 Å². The minimum absolute atomic E-state index is 0.0323. The number of hydrogen-bond donors (Lipinski definition) is 0. The molecule has 3 heteroatoms. The molecule has 0 bridgehead atoms. The van der Waals surface area contributed by atoms with E-state index in [1.54, 1.807) is 0 Å². The normalized spacial score (nSPS) is 16.6.